The van der Waals surface area contributed by atoms with Crippen LogP contribution in [0.25, 0.3) is 0 Å². The van der Waals surface area contributed by atoms with E-state index in [1.165, 1.54) is 18.9 Å². The maximum atomic E-state index is 13.8. The Kier molecular flexibility index (Phi) is 4.06. The molecule has 0 radical (unpaired) electrons. The van der Waals surface area contributed by atoms with Crippen LogP contribution in [0.1, 0.15) is 24.8 Å². The zero-order valence-electron chi connectivity index (χ0n) is 11.0. The Hall–Kier alpha value is -0.640. The lowest BCUT2D eigenvalue weighted by Gasteiger charge is -2.24. The molecule has 1 atom stereocenters. The fourth-order valence-electron chi connectivity index (χ4n) is 2.87. The van der Waals surface area contributed by atoms with Crippen LogP contribution in [-0.4, -0.2) is 30.6 Å². The molecule has 1 aliphatic heterocycles. The Labute approximate surface area is 118 Å². The maximum Gasteiger partial charge on any atom is 0.129 e. The van der Waals surface area contributed by atoms with Crippen LogP contribution < -0.4 is 5.32 Å². The van der Waals surface area contributed by atoms with Crippen molar-refractivity contribution >= 4 is 11.6 Å². The molecule has 2 fully saturated rings. The van der Waals surface area contributed by atoms with Gasteiger partial charge in [-0.2, -0.15) is 0 Å². The van der Waals surface area contributed by atoms with Gasteiger partial charge in [0.15, 0.2) is 0 Å². The lowest BCUT2D eigenvalue weighted by atomic mass is 10.1. The molecule has 3 rings (SSSR count). The average Bonchev–Trinajstić information content (AvgIpc) is 3.19. The van der Waals surface area contributed by atoms with Gasteiger partial charge in [-0.15, -0.1) is 0 Å². The van der Waals surface area contributed by atoms with Crippen molar-refractivity contribution in [2.75, 3.05) is 19.6 Å². The van der Waals surface area contributed by atoms with Crippen molar-refractivity contribution in [1.82, 2.24) is 10.2 Å². The number of hydrogen-bond donors (Lipinski definition) is 1. The van der Waals surface area contributed by atoms with Crippen LogP contribution in [0, 0.1) is 11.7 Å². The Morgan fingerprint density at radius 3 is 2.95 bits per heavy atom. The second-order valence-electron chi connectivity index (χ2n) is 5.72. The molecule has 0 spiro atoms. The van der Waals surface area contributed by atoms with Crippen molar-refractivity contribution in [2.24, 2.45) is 5.92 Å². The molecule has 1 aliphatic carbocycles. The molecule has 0 amide bonds. The molecule has 1 N–H and O–H groups in total. The number of halogens is 2. The minimum Gasteiger partial charge on any atom is -0.312 e. The van der Waals surface area contributed by atoms with Crippen LogP contribution in [0.3, 0.4) is 0 Å². The molecule has 1 aromatic rings. The SMILES string of the molecule is Fc1cc(Cl)ccc1CN1CCCNC(C2CC2)C1. The van der Waals surface area contributed by atoms with Crippen molar-refractivity contribution in [3.8, 4) is 0 Å². The van der Waals surface area contributed by atoms with Gasteiger partial charge in [-0.05, 0) is 50.4 Å². The van der Waals surface area contributed by atoms with Gasteiger partial charge in [0.05, 0.1) is 0 Å². The first kappa shape index (κ1) is 13.3. The molecule has 104 valence electrons. The third-order valence-corrected chi connectivity index (χ3v) is 4.35. The zero-order valence-corrected chi connectivity index (χ0v) is 11.8. The number of nitrogens with one attached hydrogen (secondary N) is 1. The quantitative estimate of drug-likeness (QED) is 0.917. The van der Waals surface area contributed by atoms with Crippen molar-refractivity contribution in [3.63, 3.8) is 0 Å². The predicted octanol–water partition coefficient (Wildman–Crippen LogP) is 3.05. The molecule has 19 heavy (non-hydrogen) atoms. The summed E-state index contributed by atoms with van der Waals surface area (Å²) in [5, 5.41) is 4.09. The van der Waals surface area contributed by atoms with Crippen molar-refractivity contribution in [2.45, 2.75) is 31.8 Å². The molecule has 2 nitrogen and oxygen atoms in total. The van der Waals surface area contributed by atoms with Crippen LogP contribution in [-0.2, 0) is 6.54 Å². The first-order valence-corrected chi connectivity index (χ1v) is 7.50. The Bertz CT molecular complexity index is 448. The lowest BCUT2D eigenvalue weighted by Crippen LogP contribution is -2.39. The average molecular weight is 283 g/mol. The summed E-state index contributed by atoms with van der Waals surface area (Å²) in [5.74, 6) is 0.656. The van der Waals surface area contributed by atoms with E-state index in [0.29, 0.717) is 17.6 Å². The Morgan fingerprint density at radius 2 is 2.21 bits per heavy atom. The zero-order chi connectivity index (χ0) is 13.2. The molecule has 1 aromatic carbocycles. The molecule has 1 unspecified atom stereocenters. The second kappa shape index (κ2) is 5.78. The van der Waals surface area contributed by atoms with E-state index in [1.807, 2.05) is 6.07 Å². The van der Waals surface area contributed by atoms with Gasteiger partial charge in [-0.25, -0.2) is 4.39 Å². The van der Waals surface area contributed by atoms with Gasteiger partial charge in [0.25, 0.3) is 0 Å². The van der Waals surface area contributed by atoms with E-state index in [2.05, 4.69) is 10.2 Å². The van der Waals surface area contributed by atoms with Crippen molar-refractivity contribution in [3.05, 3.63) is 34.6 Å². The molecule has 0 aromatic heterocycles. The van der Waals surface area contributed by atoms with Crippen LogP contribution in [0.15, 0.2) is 18.2 Å². The highest BCUT2D eigenvalue weighted by atomic mass is 35.5. The highest BCUT2D eigenvalue weighted by Crippen LogP contribution is 2.33. The van der Waals surface area contributed by atoms with E-state index in [4.69, 9.17) is 11.6 Å². The normalized spacial score (nSPS) is 25.3. The van der Waals surface area contributed by atoms with E-state index >= 15 is 0 Å². The van der Waals surface area contributed by atoms with Crippen LogP contribution in [0.2, 0.25) is 5.02 Å². The summed E-state index contributed by atoms with van der Waals surface area (Å²) < 4.78 is 13.8. The fraction of sp³-hybridized carbons (Fsp3) is 0.600. The summed E-state index contributed by atoms with van der Waals surface area (Å²) in [6.07, 6.45) is 3.83. The number of nitrogens with zero attached hydrogens (tertiary/aromatic N) is 1. The smallest absolute Gasteiger partial charge is 0.129 e. The third kappa shape index (κ3) is 3.47. The van der Waals surface area contributed by atoms with E-state index in [1.54, 1.807) is 6.07 Å². The van der Waals surface area contributed by atoms with Gasteiger partial charge < -0.3 is 5.32 Å². The first-order chi connectivity index (χ1) is 9.22. The minimum absolute atomic E-state index is 0.187. The second-order valence-corrected chi connectivity index (χ2v) is 6.16. The fourth-order valence-corrected chi connectivity index (χ4v) is 3.03. The van der Waals surface area contributed by atoms with Gasteiger partial charge in [0.2, 0.25) is 0 Å². The van der Waals surface area contributed by atoms with Gasteiger partial charge in [0, 0.05) is 29.7 Å². The summed E-state index contributed by atoms with van der Waals surface area (Å²) >= 11 is 5.80. The highest BCUT2D eigenvalue weighted by Gasteiger charge is 2.33. The lowest BCUT2D eigenvalue weighted by molar-refractivity contribution is 0.247. The molecule has 0 bridgehead atoms. The number of benzene rings is 1. The summed E-state index contributed by atoms with van der Waals surface area (Å²) in [5.41, 5.74) is 0.751. The topological polar surface area (TPSA) is 15.3 Å². The summed E-state index contributed by atoms with van der Waals surface area (Å²) in [4.78, 5) is 2.37. The highest BCUT2D eigenvalue weighted by molar-refractivity contribution is 6.30. The largest absolute Gasteiger partial charge is 0.312 e. The number of rotatable bonds is 3. The van der Waals surface area contributed by atoms with Crippen molar-refractivity contribution in [1.29, 1.82) is 0 Å². The maximum absolute atomic E-state index is 13.8. The molecule has 1 saturated heterocycles. The third-order valence-electron chi connectivity index (χ3n) is 4.11. The van der Waals surface area contributed by atoms with Crippen LogP contribution in [0.4, 0.5) is 4.39 Å². The molecule has 2 aliphatic rings. The number of hydrogen-bond acceptors (Lipinski definition) is 2. The first-order valence-electron chi connectivity index (χ1n) is 7.12. The van der Waals surface area contributed by atoms with Gasteiger partial charge >= 0.3 is 0 Å². The molecule has 1 heterocycles. The Balaban J connectivity index is 1.66. The van der Waals surface area contributed by atoms with Crippen LogP contribution in [0.5, 0.6) is 0 Å². The van der Waals surface area contributed by atoms with Crippen LogP contribution >= 0.6 is 11.6 Å². The molecule has 1 saturated carbocycles. The van der Waals surface area contributed by atoms with Gasteiger partial charge in [-0.1, -0.05) is 17.7 Å². The molecule has 4 heteroatoms. The molecular weight excluding hydrogens is 263 g/mol. The standard InChI is InChI=1S/C15H20ClFN2/c16-13-5-4-12(14(17)8-13)9-19-7-1-6-18-15(10-19)11-2-3-11/h4-5,8,11,15,18H,1-3,6-7,9-10H2. The minimum atomic E-state index is -0.187. The van der Waals surface area contributed by atoms with E-state index in [0.717, 1.165) is 37.5 Å². The predicted molar refractivity (Wildman–Crippen MR) is 75.8 cm³/mol. The van der Waals surface area contributed by atoms with E-state index in [-0.39, 0.29) is 5.82 Å². The van der Waals surface area contributed by atoms with Crippen molar-refractivity contribution < 1.29 is 4.39 Å². The van der Waals surface area contributed by atoms with E-state index in [9.17, 15) is 4.39 Å². The monoisotopic (exact) mass is 282 g/mol. The van der Waals surface area contributed by atoms with Gasteiger partial charge in [-0.3, -0.25) is 4.90 Å². The van der Waals surface area contributed by atoms with Gasteiger partial charge in [0.1, 0.15) is 5.82 Å². The Morgan fingerprint density at radius 1 is 1.37 bits per heavy atom. The van der Waals surface area contributed by atoms with E-state index < -0.39 is 0 Å². The summed E-state index contributed by atoms with van der Waals surface area (Å²) in [6, 6.07) is 5.58. The summed E-state index contributed by atoms with van der Waals surface area (Å²) in [6.45, 7) is 3.85. The summed E-state index contributed by atoms with van der Waals surface area (Å²) in [7, 11) is 0. The molecular formula is C15H20ClFN2.